The lowest BCUT2D eigenvalue weighted by molar-refractivity contribution is -0.333. The van der Waals surface area contributed by atoms with E-state index >= 15 is 4.79 Å². The Bertz CT molecular complexity index is 2800. The summed E-state index contributed by atoms with van der Waals surface area (Å²) in [5.41, 5.74) is 2.93. The average Bonchev–Trinajstić information content (AvgIpc) is 3.88. The van der Waals surface area contributed by atoms with Crippen molar-refractivity contribution in [2.45, 2.75) is 146 Å². The number of carbonyl (C=O) groups excluding carboxylic acids is 2. The summed E-state index contributed by atoms with van der Waals surface area (Å²) in [6, 6.07) is 9.96. The van der Waals surface area contributed by atoms with E-state index in [1.807, 2.05) is 18.2 Å². The Morgan fingerprint density at radius 2 is 1.74 bits per heavy atom. The second-order valence-electron chi connectivity index (χ2n) is 25.8. The third kappa shape index (κ3) is 8.54. The van der Waals surface area contributed by atoms with Crippen LogP contribution in [0.25, 0.3) is 6.08 Å². The van der Waals surface area contributed by atoms with E-state index in [2.05, 4.69) is 55.6 Å². The van der Waals surface area contributed by atoms with E-state index in [0.29, 0.717) is 60.8 Å². The second-order valence-corrected chi connectivity index (χ2v) is 25.8. The monoisotopic (exact) mass is 1070 g/mol. The van der Waals surface area contributed by atoms with Crippen molar-refractivity contribution in [1.29, 1.82) is 0 Å². The highest BCUT2D eigenvalue weighted by Gasteiger charge is 2.75. The van der Waals surface area contributed by atoms with Crippen LogP contribution in [-0.2, 0) is 36.6 Å². The van der Waals surface area contributed by atoms with Crippen LogP contribution in [0.3, 0.4) is 0 Å². The molecule has 2 aromatic rings. The Kier molecular flexibility index (Phi) is 14.1. The summed E-state index contributed by atoms with van der Waals surface area (Å²) >= 11 is 0. The number of carbonyl (C=O) groups is 2. The van der Waals surface area contributed by atoms with Crippen molar-refractivity contribution >= 4 is 18.0 Å². The zero-order valence-electron chi connectivity index (χ0n) is 45.5. The highest BCUT2D eigenvalue weighted by Crippen LogP contribution is 2.80. The number of hydrogen-bond acceptors (Lipinski definition) is 14. The van der Waals surface area contributed by atoms with Gasteiger partial charge in [-0.05, 0) is 182 Å². The van der Waals surface area contributed by atoms with E-state index in [4.69, 9.17) is 18.9 Å². The number of ether oxygens (including phenoxy) is 4. The Balaban J connectivity index is 0.872. The number of rotatable bonds is 16. The first-order valence-electron chi connectivity index (χ1n) is 29.2. The first-order chi connectivity index (χ1) is 37.5. The standard InChI is InChI=1S/C64H81NO13/c1-34-25-39-15-20-61(30-39)33-62-21-16-43-36(3)47(62)10-11-49-55(71)44(54(34)61)17-22-63(49,62)48(43)12-14-53(70)76-58-56(72)57-50(65-31-35(2)68)18-23-64(74,78-57)59(58)77-60(73)42(26-38-6-13-51(69)52(28-38)75-4)29-46-41(32-67)9-8-40-7-5-37(19-24-66)27-45(40)46/h5-7,13,15-18,20-23,26-28,34-36,39,41,43-44,46-50,54-59,65-69,71-72,74H,8-12,14,19,24-25,29-33H2,1-4H3. The lowest BCUT2D eigenvalue weighted by Gasteiger charge is -2.76. The number of methoxy groups -OCH3 is 1. The van der Waals surface area contributed by atoms with Gasteiger partial charge in [0.05, 0.1) is 25.4 Å². The van der Waals surface area contributed by atoms with Gasteiger partial charge < -0.3 is 60.0 Å². The smallest absolute Gasteiger partial charge is 0.334 e. The van der Waals surface area contributed by atoms with Gasteiger partial charge in [0.1, 0.15) is 12.2 Å². The predicted molar refractivity (Wildman–Crippen MR) is 290 cm³/mol. The molecule has 0 radical (unpaired) electrons. The number of aryl methyl sites for hydroxylation is 1. The fourth-order valence-corrected chi connectivity index (χ4v) is 18.8. The zero-order chi connectivity index (χ0) is 54.6. The highest BCUT2D eigenvalue weighted by molar-refractivity contribution is 5.94. The average molecular weight is 1070 g/mol. The number of phenols is 1. The summed E-state index contributed by atoms with van der Waals surface area (Å²) in [6.07, 6.45) is 19.7. The summed E-state index contributed by atoms with van der Waals surface area (Å²) in [5, 5.41) is 82.5. The van der Waals surface area contributed by atoms with E-state index in [1.165, 1.54) is 19.3 Å². The van der Waals surface area contributed by atoms with Gasteiger partial charge in [-0.3, -0.25) is 4.79 Å². The number of aliphatic hydroxyl groups is 6. The second kappa shape index (κ2) is 20.4. The molecule has 22 unspecified atom stereocenters. The van der Waals surface area contributed by atoms with Gasteiger partial charge in [-0.1, -0.05) is 80.6 Å². The zero-order valence-corrected chi connectivity index (χ0v) is 45.5. The number of nitrogens with one attached hydrogen (secondary N) is 1. The molecule has 10 aliphatic carbocycles. The summed E-state index contributed by atoms with van der Waals surface area (Å²) in [7, 11) is 1.42. The van der Waals surface area contributed by atoms with Gasteiger partial charge in [0.15, 0.2) is 23.7 Å². The van der Waals surface area contributed by atoms with Crippen LogP contribution in [0.1, 0.15) is 107 Å². The first-order valence-corrected chi connectivity index (χ1v) is 29.2. The van der Waals surface area contributed by atoms with E-state index in [9.17, 15) is 40.5 Å². The minimum Gasteiger partial charge on any atom is -0.504 e. The van der Waals surface area contributed by atoms with Gasteiger partial charge in [0.2, 0.25) is 5.79 Å². The Morgan fingerprint density at radius 3 is 2.53 bits per heavy atom. The van der Waals surface area contributed by atoms with Crippen LogP contribution in [0.2, 0.25) is 0 Å². The van der Waals surface area contributed by atoms with Crippen LogP contribution < -0.4 is 10.1 Å². The van der Waals surface area contributed by atoms with Crippen molar-refractivity contribution in [3.05, 3.63) is 113 Å². The molecule has 14 heteroatoms. The quantitative estimate of drug-likeness (QED) is 0.0503. The molecule has 4 saturated carbocycles. The minimum atomic E-state index is -2.38. The van der Waals surface area contributed by atoms with Crippen LogP contribution >= 0.6 is 0 Å². The van der Waals surface area contributed by atoms with Crippen LogP contribution in [0.5, 0.6) is 11.5 Å². The fraction of sp³-hybridized carbons (Fsp3) is 0.625. The molecule has 2 aliphatic heterocycles. The van der Waals surface area contributed by atoms with E-state index in [1.54, 1.807) is 31.2 Å². The van der Waals surface area contributed by atoms with Crippen LogP contribution in [0.15, 0.2) is 90.6 Å². The third-order valence-corrected chi connectivity index (χ3v) is 21.8. The number of esters is 2. The number of fused-ring (bicyclic) bond motifs is 4. The van der Waals surface area contributed by atoms with Gasteiger partial charge in [-0.15, -0.1) is 0 Å². The Morgan fingerprint density at radius 1 is 0.936 bits per heavy atom. The molecular formula is C64H81NO13. The minimum absolute atomic E-state index is 0.0140. The summed E-state index contributed by atoms with van der Waals surface area (Å²) in [5.74, 6) is -1.99. The normalized spacial score (nSPS) is 43.3. The predicted octanol–water partition coefficient (Wildman–Crippen LogP) is 6.63. The number of allylic oxidation sites excluding steroid dienone is 5. The number of benzene rings is 2. The largest absolute Gasteiger partial charge is 0.504 e. The molecule has 0 amide bonds. The Labute approximate surface area is 458 Å². The third-order valence-electron chi connectivity index (χ3n) is 21.8. The van der Waals surface area contributed by atoms with Gasteiger partial charge in [0, 0.05) is 48.5 Å². The number of hydrogen-bond donors (Lipinski definition) is 8. The molecule has 78 heavy (non-hydrogen) atoms. The van der Waals surface area contributed by atoms with Crippen molar-refractivity contribution in [3.8, 4) is 11.5 Å². The molecule has 0 aromatic heterocycles. The number of aromatic hydroxyl groups is 1. The molecule has 2 heterocycles. The topological polar surface area (TPSA) is 225 Å². The molecule has 1 saturated heterocycles. The maximum absolute atomic E-state index is 15.2. The molecule has 12 aliphatic rings. The van der Waals surface area contributed by atoms with Crippen molar-refractivity contribution < 1.29 is 64.3 Å². The fourth-order valence-electron chi connectivity index (χ4n) is 18.8. The summed E-state index contributed by atoms with van der Waals surface area (Å²) in [4.78, 5) is 30.2. The van der Waals surface area contributed by atoms with Crippen molar-refractivity contribution in [1.82, 2.24) is 5.32 Å². The molecular weight excluding hydrogens is 991 g/mol. The number of phenolic OH excluding ortho intramolecular Hbond substituents is 1. The molecule has 3 spiro atoms. The van der Waals surface area contributed by atoms with Gasteiger partial charge in [0.25, 0.3) is 0 Å². The molecule has 14 rings (SSSR count). The SMILES string of the molecule is COc1cc(C=C(CC2c3cc(CCO)ccc3CCC2CO)C(=O)OC2C(OC(=O)CCC3C4C=CC56CC78C=CC(CC(C)C7C7C=CC35C(CCC6C4C)C7O)C8)C(O)C3OC2(O)C=CC3NCC(C)O)ccc1O. The van der Waals surface area contributed by atoms with E-state index in [0.717, 1.165) is 48.8 Å². The van der Waals surface area contributed by atoms with Gasteiger partial charge in [-0.25, -0.2) is 4.79 Å². The van der Waals surface area contributed by atoms with E-state index in [-0.39, 0.29) is 101 Å². The van der Waals surface area contributed by atoms with Crippen LogP contribution in [-0.4, -0.2) is 123 Å². The summed E-state index contributed by atoms with van der Waals surface area (Å²) < 4.78 is 24.5. The molecule has 22 atom stereocenters. The first kappa shape index (κ1) is 54.0. The molecule has 8 N–H and O–H groups in total. The van der Waals surface area contributed by atoms with Crippen molar-refractivity contribution in [3.63, 3.8) is 0 Å². The van der Waals surface area contributed by atoms with Crippen molar-refractivity contribution in [2.24, 2.45) is 75.4 Å². The highest BCUT2D eigenvalue weighted by atomic mass is 16.7. The maximum Gasteiger partial charge on any atom is 0.334 e. The lowest BCUT2D eigenvalue weighted by atomic mass is 9.28. The molecule has 14 nitrogen and oxygen atoms in total. The maximum atomic E-state index is 15.2. The molecule has 420 valence electrons. The van der Waals surface area contributed by atoms with Crippen LogP contribution in [0, 0.1) is 75.4 Å². The Hall–Kier alpha value is -4.64. The van der Waals surface area contributed by atoms with Crippen LogP contribution in [0.4, 0.5) is 0 Å². The molecule has 2 aromatic carbocycles. The molecule has 10 bridgehead atoms. The molecule has 5 fully saturated rings. The summed E-state index contributed by atoms with van der Waals surface area (Å²) in [6.45, 7) is 6.34. The van der Waals surface area contributed by atoms with Gasteiger partial charge in [-0.2, -0.15) is 0 Å². The lowest BCUT2D eigenvalue weighted by Crippen LogP contribution is -2.72. The van der Waals surface area contributed by atoms with Crippen molar-refractivity contribution in [2.75, 3.05) is 26.9 Å². The number of aliphatic hydroxyl groups excluding tert-OH is 5. The van der Waals surface area contributed by atoms with E-state index < -0.39 is 60.4 Å². The van der Waals surface area contributed by atoms with Gasteiger partial charge >= 0.3 is 11.9 Å².